The third kappa shape index (κ3) is 1.49. The number of hydrogen-bond acceptors (Lipinski definition) is 5. The van der Waals surface area contributed by atoms with Crippen LogP contribution in [0.4, 0.5) is 0 Å². The lowest BCUT2D eigenvalue weighted by atomic mass is 10.1. The Morgan fingerprint density at radius 2 is 2.25 bits per heavy atom. The molecule has 1 aromatic carbocycles. The van der Waals surface area contributed by atoms with Crippen LogP contribution >= 0.6 is 0 Å². The quantitative estimate of drug-likeness (QED) is 0.697. The van der Waals surface area contributed by atoms with Crippen molar-refractivity contribution in [3.05, 3.63) is 23.6 Å². The molecular formula is C10H10N2O4. The molecule has 1 unspecified atom stereocenters. The number of oxazole rings is 1. The molecule has 0 saturated heterocycles. The molecule has 0 bridgehead atoms. The molecule has 4 N–H and O–H groups in total. The Hall–Kier alpha value is -2.08. The molecule has 0 aliphatic heterocycles. The van der Waals surface area contributed by atoms with E-state index in [0.717, 1.165) is 0 Å². The van der Waals surface area contributed by atoms with Gasteiger partial charge in [0.2, 0.25) is 0 Å². The summed E-state index contributed by atoms with van der Waals surface area (Å²) in [4.78, 5) is 14.7. The van der Waals surface area contributed by atoms with Crippen LogP contribution in [0.1, 0.15) is 17.5 Å². The summed E-state index contributed by atoms with van der Waals surface area (Å²) in [6.07, 6.45) is 0. The standard InChI is InChI=1S/C10H10N2O4/c1-4-12-6-3-2-5(7(11)10(14)15)8(13)9(6)16-4/h2-3,7,13H,11H2,1H3,(H,14,15). The van der Waals surface area contributed by atoms with Gasteiger partial charge in [0, 0.05) is 12.5 Å². The summed E-state index contributed by atoms with van der Waals surface area (Å²) < 4.78 is 5.16. The minimum atomic E-state index is -1.28. The number of fused-ring (bicyclic) bond motifs is 1. The van der Waals surface area contributed by atoms with E-state index in [-0.39, 0.29) is 16.9 Å². The number of aromatic nitrogens is 1. The molecule has 0 aliphatic rings. The van der Waals surface area contributed by atoms with Gasteiger partial charge in [-0.25, -0.2) is 4.98 Å². The maximum Gasteiger partial charge on any atom is 0.325 e. The smallest absolute Gasteiger partial charge is 0.325 e. The molecule has 2 rings (SSSR count). The van der Waals surface area contributed by atoms with Gasteiger partial charge in [-0.3, -0.25) is 4.79 Å². The number of aromatic hydroxyl groups is 1. The number of phenolic OH excluding ortho intramolecular Hbond substituents is 1. The summed E-state index contributed by atoms with van der Waals surface area (Å²) in [5.74, 6) is -1.09. The van der Waals surface area contributed by atoms with Crippen molar-refractivity contribution < 1.29 is 19.4 Å². The minimum absolute atomic E-state index is 0.108. The summed E-state index contributed by atoms with van der Waals surface area (Å²) in [5, 5.41) is 18.6. The first-order valence-corrected chi connectivity index (χ1v) is 4.58. The topological polar surface area (TPSA) is 110 Å². The maximum absolute atomic E-state index is 10.7. The lowest BCUT2D eigenvalue weighted by molar-refractivity contribution is -0.138. The highest BCUT2D eigenvalue weighted by molar-refractivity contribution is 5.85. The third-order valence-electron chi connectivity index (χ3n) is 2.27. The van der Waals surface area contributed by atoms with Gasteiger partial charge in [-0.2, -0.15) is 0 Å². The van der Waals surface area contributed by atoms with Crippen molar-refractivity contribution in [2.45, 2.75) is 13.0 Å². The Balaban J connectivity index is 2.64. The molecule has 0 fully saturated rings. The van der Waals surface area contributed by atoms with Gasteiger partial charge in [-0.1, -0.05) is 6.07 Å². The monoisotopic (exact) mass is 222 g/mol. The summed E-state index contributed by atoms with van der Waals surface area (Å²) in [6, 6.07) is 1.71. The van der Waals surface area contributed by atoms with Crippen molar-refractivity contribution >= 4 is 17.1 Å². The highest BCUT2D eigenvalue weighted by Crippen LogP contribution is 2.32. The van der Waals surface area contributed by atoms with E-state index in [2.05, 4.69) is 4.98 Å². The number of phenols is 1. The third-order valence-corrected chi connectivity index (χ3v) is 2.27. The van der Waals surface area contributed by atoms with Crippen LogP contribution in [-0.2, 0) is 4.79 Å². The van der Waals surface area contributed by atoms with Crippen LogP contribution in [0.3, 0.4) is 0 Å². The molecule has 6 heteroatoms. The number of benzene rings is 1. The fourth-order valence-corrected chi connectivity index (χ4v) is 1.49. The van der Waals surface area contributed by atoms with Crippen molar-refractivity contribution in [3.8, 4) is 5.75 Å². The Labute approximate surface area is 90.3 Å². The van der Waals surface area contributed by atoms with Crippen LogP contribution in [-0.4, -0.2) is 21.2 Å². The molecule has 0 saturated carbocycles. The molecule has 84 valence electrons. The normalized spacial score (nSPS) is 12.9. The summed E-state index contributed by atoms with van der Waals surface area (Å²) in [6.45, 7) is 1.64. The lowest BCUT2D eigenvalue weighted by Crippen LogP contribution is -2.20. The minimum Gasteiger partial charge on any atom is -0.504 e. The molecule has 16 heavy (non-hydrogen) atoms. The van der Waals surface area contributed by atoms with E-state index in [9.17, 15) is 9.90 Å². The van der Waals surface area contributed by atoms with E-state index in [4.69, 9.17) is 15.3 Å². The second-order valence-electron chi connectivity index (χ2n) is 3.40. The van der Waals surface area contributed by atoms with Crippen LogP contribution in [0.15, 0.2) is 16.5 Å². The van der Waals surface area contributed by atoms with Crippen molar-refractivity contribution in [1.29, 1.82) is 0 Å². The summed E-state index contributed by atoms with van der Waals surface area (Å²) >= 11 is 0. The molecule has 0 radical (unpaired) electrons. The van der Waals surface area contributed by atoms with Gasteiger partial charge >= 0.3 is 5.97 Å². The Kier molecular flexibility index (Phi) is 2.28. The van der Waals surface area contributed by atoms with E-state index in [0.29, 0.717) is 11.4 Å². The predicted octanol–water partition coefficient (Wildman–Crippen LogP) is 0.926. The fourth-order valence-electron chi connectivity index (χ4n) is 1.49. The first kappa shape index (κ1) is 10.4. The molecule has 6 nitrogen and oxygen atoms in total. The molecular weight excluding hydrogens is 212 g/mol. The van der Waals surface area contributed by atoms with Crippen LogP contribution in [0.2, 0.25) is 0 Å². The molecule has 0 amide bonds. The van der Waals surface area contributed by atoms with Gasteiger partial charge in [0.15, 0.2) is 17.2 Å². The zero-order valence-corrected chi connectivity index (χ0v) is 8.47. The molecule has 1 aromatic heterocycles. The second-order valence-corrected chi connectivity index (χ2v) is 3.40. The highest BCUT2D eigenvalue weighted by Gasteiger charge is 2.21. The lowest BCUT2D eigenvalue weighted by Gasteiger charge is -2.08. The Morgan fingerprint density at radius 3 is 2.88 bits per heavy atom. The SMILES string of the molecule is Cc1nc2ccc(C(N)C(=O)O)c(O)c2o1. The average Bonchev–Trinajstić information content (AvgIpc) is 2.59. The number of carbonyl (C=O) groups is 1. The van der Waals surface area contributed by atoms with Gasteiger partial charge in [0.1, 0.15) is 11.6 Å². The van der Waals surface area contributed by atoms with Crippen LogP contribution in [0, 0.1) is 6.92 Å². The van der Waals surface area contributed by atoms with Crippen molar-refractivity contribution in [2.24, 2.45) is 5.73 Å². The largest absolute Gasteiger partial charge is 0.504 e. The summed E-state index contributed by atoms with van der Waals surface area (Å²) in [7, 11) is 0. The molecule has 0 aliphatic carbocycles. The number of aryl methyl sites for hydroxylation is 1. The number of nitrogens with zero attached hydrogens (tertiary/aromatic N) is 1. The van der Waals surface area contributed by atoms with Crippen molar-refractivity contribution in [2.75, 3.05) is 0 Å². The zero-order valence-electron chi connectivity index (χ0n) is 8.47. The maximum atomic E-state index is 10.7. The van der Waals surface area contributed by atoms with Gasteiger partial charge in [-0.05, 0) is 6.07 Å². The molecule has 1 atom stereocenters. The van der Waals surface area contributed by atoms with Crippen LogP contribution < -0.4 is 5.73 Å². The van der Waals surface area contributed by atoms with Crippen LogP contribution in [0.25, 0.3) is 11.1 Å². The second kappa shape index (κ2) is 3.49. The fraction of sp³-hybridized carbons (Fsp3) is 0.200. The van der Waals surface area contributed by atoms with E-state index >= 15 is 0 Å². The molecule has 2 aromatic rings. The number of carboxylic acid groups (broad SMARTS) is 1. The predicted molar refractivity (Wildman–Crippen MR) is 55.0 cm³/mol. The van der Waals surface area contributed by atoms with Gasteiger partial charge in [0.25, 0.3) is 0 Å². The van der Waals surface area contributed by atoms with Gasteiger partial charge in [-0.15, -0.1) is 0 Å². The average molecular weight is 222 g/mol. The van der Waals surface area contributed by atoms with E-state index in [1.54, 1.807) is 13.0 Å². The zero-order chi connectivity index (χ0) is 11.9. The Morgan fingerprint density at radius 1 is 1.56 bits per heavy atom. The number of hydrogen-bond donors (Lipinski definition) is 3. The highest BCUT2D eigenvalue weighted by atomic mass is 16.4. The van der Waals surface area contributed by atoms with E-state index in [1.165, 1.54) is 6.07 Å². The number of aliphatic carboxylic acids is 1. The van der Waals surface area contributed by atoms with E-state index in [1.807, 2.05) is 0 Å². The molecule has 0 spiro atoms. The van der Waals surface area contributed by atoms with Gasteiger partial charge < -0.3 is 20.4 Å². The Bertz CT molecular complexity index is 561. The van der Waals surface area contributed by atoms with Crippen LogP contribution in [0.5, 0.6) is 5.75 Å². The molecule has 1 heterocycles. The summed E-state index contributed by atoms with van der Waals surface area (Å²) in [5.41, 5.74) is 6.15. The number of nitrogens with two attached hydrogens (primary N) is 1. The number of carboxylic acids is 1. The number of rotatable bonds is 2. The first-order chi connectivity index (χ1) is 7.50. The van der Waals surface area contributed by atoms with Crippen molar-refractivity contribution in [1.82, 2.24) is 4.98 Å². The van der Waals surface area contributed by atoms with Crippen molar-refractivity contribution in [3.63, 3.8) is 0 Å². The van der Waals surface area contributed by atoms with Gasteiger partial charge in [0.05, 0.1) is 0 Å². The van der Waals surface area contributed by atoms with E-state index < -0.39 is 12.0 Å². The first-order valence-electron chi connectivity index (χ1n) is 4.58.